The van der Waals surface area contributed by atoms with E-state index < -0.39 is 0 Å². The molecule has 5 heteroatoms. The zero-order valence-electron chi connectivity index (χ0n) is 8.92. The van der Waals surface area contributed by atoms with Crippen LogP contribution in [-0.4, -0.2) is 18.9 Å². The molecule has 0 radical (unpaired) electrons. The number of imidazole rings is 1. The van der Waals surface area contributed by atoms with Gasteiger partial charge in [-0.05, 0) is 6.92 Å². The first-order valence-electron chi connectivity index (χ1n) is 4.94. The molecular formula is C10H14N4O. The van der Waals surface area contributed by atoms with E-state index in [0.717, 1.165) is 5.56 Å². The third-order valence-electron chi connectivity index (χ3n) is 2.37. The van der Waals surface area contributed by atoms with Crippen molar-refractivity contribution in [3.8, 4) is 0 Å². The summed E-state index contributed by atoms with van der Waals surface area (Å²) in [6.45, 7) is 3.24. The topological polar surface area (TPSA) is 44.8 Å². The largest absolute Gasteiger partial charge is 0.328 e. The van der Waals surface area contributed by atoms with Gasteiger partial charge in [-0.1, -0.05) is 0 Å². The third-order valence-corrected chi connectivity index (χ3v) is 2.37. The molecule has 0 aliphatic carbocycles. The molecule has 0 fully saturated rings. The molecule has 0 bridgehead atoms. The second kappa shape index (κ2) is 3.76. The minimum atomic E-state index is 0.0290. The van der Waals surface area contributed by atoms with Crippen molar-refractivity contribution in [2.24, 2.45) is 7.05 Å². The van der Waals surface area contributed by atoms with Crippen LogP contribution in [0.2, 0.25) is 0 Å². The summed E-state index contributed by atoms with van der Waals surface area (Å²) >= 11 is 0. The molecule has 0 aliphatic heterocycles. The van der Waals surface area contributed by atoms with Crippen LogP contribution in [0.5, 0.6) is 0 Å². The molecular weight excluding hydrogens is 192 g/mol. The first-order valence-corrected chi connectivity index (χ1v) is 4.94. The highest BCUT2D eigenvalue weighted by atomic mass is 16.1. The highest BCUT2D eigenvalue weighted by Crippen LogP contribution is 1.98. The first kappa shape index (κ1) is 9.76. The molecule has 2 aromatic rings. The molecule has 0 atom stereocenters. The second-order valence-corrected chi connectivity index (χ2v) is 3.52. The van der Waals surface area contributed by atoms with E-state index >= 15 is 0 Å². The Balaban J connectivity index is 2.25. The lowest BCUT2D eigenvalue weighted by molar-refractivity contribution is 0.668. The van der Waals surface area contributed by atoms with E-state index in [1.807, 2.05) is 20.2 Å². The highest BCUT2D eigenvalue weighted by Gasteiger charge is 2.03. The predicted molar refractivity (Wildman–Crippen MR) is 56.7 cm³/mol. The Labute approximate surface area is 87.6 Å². The van der Waals surface area contributed by atoms with Gasteiger partial charge in [-0.25, -0.2) is 4.79 Å². The maximum absolute atomic E-state index is 11.7. The predicted octanol–water partition coefficient (Wildman–Crippen LogP) is 0.452. The van der Waals surface area contributed by atoms with E-state index in [1.54, 1.807) is 32.4 Å². The molecule has 2 rings (SSSR count). The summed E-state index contributed by atoms with van der Waals surface area (Å²) < 4.78 is 5.09. The first-order chi connectivity index (χ1) is 7.20. The minimum absolute atomic E-state index is 0.0290. The van der Waals surface area contributed by atoms with Crippen molar-refractivity contribution in [2.75, 3.05) is 0 Å². The number of hydrogen-bond donors (Lipinski definition) is 0. The Hall–Kier alpha value is -1.78. The highest BCUT2D eigenvalue weighted by molar-refractivity contribution is 5.04. The molecule has 0 amide bonds. The number of aryl methyl sites for hydroxylation is 2. The van der Waals surface area contributed by atoms with Crippen LogP contribution in [0.4, 0.5) is 0 Å². The van der Waals surface area contributed by atoms with Crippen LogP contribution in [0.1, 0.15) is 12.5 Å². The van der Waals surface area contributed by atoms with E-state index in [-0.39, 0.29) is 5.69 Å². The lowest BCUT2D eigenvalue weighted by atomic mass is 10.3. The Morgan fingerprint density at radius 3 is 2.60 bits per heavy atom. The van der Waals surface area contributed by atoms with Gasteiger partial charge in [0.1, 0.15) is 0 Å². The van der Waals surface area contributed by atoms with Gasteiger partial charge in [-0.3, -0.25) is 13.8 Å². The minimum Gasteiger partial charge on any atom is -0.300 e. The molecule has 5 nitrogen and oxygen atoms in total. The molecule has 0 aliphatic rings. The Kier molecular flexibility index (Phi) is 2.45. The van der Waals surface area contributed by atoms with Gasteiger partial charge in [0, 0.05) is 37.7 Å². The van der Waals surface area contributed by atoms with Gasteiger partial charge in [0.05, 0.1) is 12.7 Å². The van der Waals surface area contributed by atoms with Gasteiger partial charge in [-0.15, -0.1) is 0 Å². The molecule has 0 saturated heterocycles. The second-order valence-electron chi connectivity index (χ2n) is 3.52. The summed E-state index contributed by atoms with van der Waals surface area (Å²) in [6.07, 6.45) is 7.29. The summed E-state index contributed by atoms with van der Waals surface area (Å²) in [5.74, 6) is 0. The molecule has 80 valence electrons. The van der Waals surface area contributed by atoms with E-state index in [9.17, 15) is 4.79 Å². The maximum Gasteiger partial charge on any atom is 0.328 e. The summed E-state index contributed by atoms with van der Waals surface area (Å²) in [5.41, 5.74) is 1.06. The fourth-order valence-corrected chi connectivity index (χ4v) is 1.56. The fraction of sp³-hybridized carbons (Fsp3) is 0.400. The van der Waals surface area contributed by atoms with Crippen molar-refractivity contribution in [3.63, 3.8) is 0 Å². The third kappa shape index (κ3) is 1.86. The van der Waals surface area contributed by atoms with Crippen molar-refractivity contribution < 1.29 is 0 Å². The van der Waals surface area contributed by atoms with Crippen molar-refractivity contribution in [1.29, 1.82) is 0 Å². The molecule has 2 heterocycles. The average molecular weight is 206 g/mol. The zero-order valence-corrected chi connectivity index (χ0v) is 8.92. The molecule has 0 N–H and O–H groups in total. The van der Waals surface area contributed by atoms with Crippen LogP contribution in [0.15, 0.2) is 29.6 Å². The van der Waals surface area contributed by atoms with Crippen LogP contribution in [0, 0.1) is 0 Å². The van der Waals surface area contributed by atoms with Gasteiger partial charge in [-0.2, -0.15) is 5.10 Å². The monoisotopic (exact) mass is 206 g/mol. The van der Waals surface area contributed by atoms with Crippen molar-refractivity contribution in [2.45, 2.75) is 20.0 Å². The summed E-state index contributed by atoms with van der Waals surface area (Å²) in [7, 11) is 1.86. The van der Waals surface area contributed by atoms with Crippen molar-refractivity contribution >= 4 is 0 Å². The van der Waals surface area contributed by atoms with Crippen LogP contribution in [0.25, 0.3) is 0 Å². The lowest BCUT2D eigenvalue weighted by Gasteiger charge is -1.97. The molecule has 0 aromatic carbocycles. The fourth-order valence-electron chi connectivity index (χ4n) is 1.56. The Morgan fingerprint density at radius 2 is 2.07 bits per heavy atom. The lowest BCUT2D eigenvalue weighted by Crippen LogP contribution is -2.23. The smallest absolute Gasteiger partial charge is 0.300 e. The van der Waals surface area contributed by atoms with Gasteiger partial charge in [0.2, 0.25) is 0 Å². The molecule has 15 heavy (non-hydrogen) atoms. The van der Waals surface area contributed by atoms with Crippen LogP contribution in [0.3, 0.4) is 0 Å². The molecule has 0 saturated carbocycles. The molecule has 2 aromatic heterocycles. The number of hydrogen-bond acceptors (Lipinski definition) is 2. The van der Waals surface area contributed by atoms with Gasteiger partial charge in [0.25, 0.3) is 0 Å². The van der Waals surface area contributed by atoms with Gasteiger partial charge >= 0.3 is 5.69 Å². The standard InChI is InChI=1S/C10H14N4O/c1-3-13-4-5-14(10(13)15)8-9-6-11-12(2)7-9/h4-7H,3,8H2,1-2H3. The van der Waals surface area contributed by atoms with E-state index in [1.165, 1.54) is 0 Å². The Bertz CT molecular complexity index is 505. The normalized spacial score (nSPS) is 10.8. The zero-order chi connectivity index (χ0) is 10.8. The summed E-state index contributed by atoms with van der Waals surface area (Å²) in [4.78, 5) is 11.7. The van der Waals surface area contributed by atoms with Crippen LogP contribution >= 0.6 is 0 Å². The Morgan fingerprint density at radius 1 is 1.33 bits per heavy atom. The molecule has 0 spiro atoms. The summed E-state index contributed by atoms with van der Waals surface area (Å²) in [6, 6.07) is 0. The van der Waals surface area contributed by atoms with Crippen LogP contribution in [-0.2, 0) is 20.1 Å². The quantitative estimate of drug-likeness (QED) is 0.732. The SMILES string of the molecule is CCn1ccn(Cc2cnn(C)c2)c1=O. The number of rotatable bonds is 3. The van der Waals surface area contributed by atoms with Gasteiger partial charge < -0.3 is 0 Å². The van der Waals surface area contributed by atoms with Crippen molar-refractivity contribution in [1.82, 2.24) is 18.9 Å². The van der Waals surface area contributed by atoms with E-state index in [4.69, 9.17) is 0 Å². The van der Waals surface area contributed by atoms with E-state index in [2.05, 4.69) is 5.10 Å². The average Bonchev–Trinajstić information content (AvgIpc) is 2.76. The van der Waals surface area contributed by atoms with E-state index in [0.29, 0.717) is 13.1 Å². The molecule has 0 unspecified atom stereocenters. The van der Waals surface area contributed by atoms with Crippen LogP contribution < -0.4 is 5.69 Å². The number of nitrogens with zero attached hydrogens (tertiary/aromatic N) is 4. The van der Waals surface area contributed by atoms with Gasteiger partial charge in [0.15, 0.2) is 0 Å². The summed E-state index contributed by atoms with van der Waals surface area (Å²) in [5, 5.41) is 4.06. The van der Waals surface area contributed by atoms with Crippen molar-refractivity contribution in [3.05, 3.63) is 40.8 Å². The number of aromatic nitrogens is 4. The maximum atomic E-state index is 11.7.